The zero-order chi connectivity index (χ0) is 15.8. The molecule has 8 nitrogen and oxygen atoms in total. The molecule has 0 atom stereocenters. The SMILES string of the molecule is Cn1cc(-c2cc(C(=O)NCc3cnc4n3CCC4)on2)cn1. The number of carbonyl (C=O) groups is 1. The van der Waals surface area contributed by atoms with Crippen LogP contribution in [0.2, 0.25) is 0 Å². The second-order valence-electron chi connectivity index (χ2n) is 5.58. The van der Waals surface area contributed by atoms with Crippen molar-refractivity contribution in [3.63, 3.8) is 0 Å². The maximum absolute atomic E-state index is 12.2. The molecule has 0 saturated carbocycles. The first-order chi connectivity index (χ1) is 11.2. The molecule has 4 heterocycles. The van der Waals surface area contributed by atoms with Crippen molar-refractivity contribution in [2.45, 2.75) is 25.9 Å². The van der Waals surface area contributed by atoms with Crippen molar-refractivity contribution < 1.29 is 9.32 Å². The average molecular weight is 312 g/mol. The molecule has 1 aliphatic rings. The number of amides is 1. The summed E-state index contributed by atoms with van der Waals surface area (Å²) in [5.74, 6) is 0.985. The first-order valence-corrected chi connectivity index (χ1v) is 7.48. The molecule has 3 aromatic heterocycles. The highest BCUT2D eigenvalue weighted by Gasteiger charge is 2.18. The van der Waals surface area contributed by atoms with E-state index in [1.807, 2.05) is 19.4 Å². The van der Waals surface area contributed by atoms with Crippen molar-refractivity contribution in [1.29, 1.82) is 0 Å². The summed E-state index contributed by atoms with van der Waals surface area (Å²) in [5.41, 5.74) is 2.41. The van der Waals surface area contributed by atoms with Gasteiger partial charge in [0.1, 0.15) is 11.5 Å². The molecule has 0 spiro atoms. The molecule has 0 fully saturated rings. The molecule has 1 N–H and O–H groups in total. The number of hydrogen-bond acceptors (Lipinski definition) is 5. The summed E-state index contributed by atoms with van der Waals surface area (Å²) in [5, 5.41) is 10.8. The first kappa shape index (κ1) is 13.7. The van der Waals surface area contributed by atoms with Crippen LogP contribution >= 0.6 is 0 Å². The Morgan fingerprint density at radius 2 is 2.35 bits per heavy atom. The van der Waals surface area contributed by atoms with Gasteiger partial charge in [-0.15, -0.1) is 0 Å². The molecule has 0 unspecified atom stereocenters. The standard InChI is InChI=1S/C15H16N6O2/c1-20-9-10(6-18-20)12-5-13(23-19-12)15(22)17-8-11-7-16-14-3-2-4-21(11)14/h5-7,9H,2-4,8H2,1H3,(H,17,22). The van der Waals surface area contributed by atoms with E-state index in [0.717, 1.165) is 36.5 Å². The zero-order valence-corrected chi connectivity index (χ0v) is 12.7. The van der Waals surface area contributed by atoms with Gasteiger partial charge in [0.05, 0.1) is 24.6 Å². The van der Waals surface area contributed by atoms with Crippen LogP contribution in [0.5, 0.6) is 0 Å². The fourth-order valence-corrected chi connectivity index (χ4v) is 2.79. The van der Waals surface area contributed by atoms with Crippen molar-refractivity contribution in [3.8, 4) is 11.3 Å². The van der Waals surface area contributed by atoms with Gasteiger partial charge in [0.15, 0.2) is 0 Å². The average Bonchev–Trinajstić information content (AvgIpc) is 3.29. The number of aromatic nitrogens is 5. The van der Waals surface area contributed by atoms with E-state index in [2.05, 4.69) is 25.1 Å². The van der Waals surface area contributed by atoms with Gasteiger partial charge in [-0.05, 0) is 6.42 Å². The van der Waals surface area contributed by atoms with E-state index in [0.29, 0.717) is 12.2 Å². The van der Waals surface area contributed by atoms with E-state index in [9.17, 15) is 4.79 Å². The van der Waals surface area contributed by atoms with Gasteiger partial charge >= 0.3 is 0 Å². The quantitative estimate of drug-likeness (QED) is 0.780. The largest absolute Gasteiger partial charge is 0.350 e. The van der Waals surface area contributed by atoms with Gasteiger partial charge in [0.2, 0.25) is 5.76 Å². The fraction of sp³-hybridized carbons (Fsp3) is 0.333. The Hall–Kier alpha value is -2.90. The predicted molar refractivity (Wildman–Crippen MR) is 80.4 cm³/mol. The molecule has 1 amide bonds. The summed E-state index contributed by atoms with van der Waals surface area (Å²) >= 11 is 0. The zero-order valence-electron chi connectivity index (χ0n) is 12.7. The lowest BCUT2D eigenvalue weighted by atomic mass is 10.2. The van der Waals surface area contributed by atoms with Gasteiger partial charge in [0, 0.05) is 37.8 Å². The summed E-state index contributed by atoms with van der Waals surface area (Å²) < 4.78 is 8.96. The van der Waals surface area contributed by atoms with Crippen molar-refractivity contribution in [3.05, 3.63) is 41.9 Å². The third-order valence-electron chi connectivity index (χ3n) is 3.97. The predicted octanol–water partition coefficient (Wildman–Crippen LogP) is 1.15. The lowest BCUT2D eigenvalue weighted by Crippen LogP contribution is -2.23. The summed E-state index contributed by atoms with van der Waals surface area (Å²) in [7, 11) is 1.82. The second kappa shape index (κ2) is 5.38. The second-order valence-corrected chi connectivity index (χ2v) is 5.58. The normalized spacial score (nSPS) is 13.3. The van der Waals surface area contributed by atoms with Crippen molar-refractivity contribution in [2.75, 3.05) is 0 Å². The van der Waals surface area contributed by atoms with Gasteiger partial charge < -0.3 is 14.4 Å². The smallest absolute Gasteiger partial charge is 0.290 e. The van der Waals surface area contributed by atoms with Crippen LogP contribution in [0.15, 0.2) is 29.2 Å². The summed E-state index contributed by atoms with van der Waals surface area (Å²) in [4.78, 5) is 16.6. The minimum atomic E-state index is -0.291. The number of carbonyl (C=O) groups excluding carboxylic acids is 1. The molecular formula is C15H16N6O2. The maximum Gasteiger partial charge on any atom is 0.290 e. The molecule has 0 aliphatic carbocycles. The van der Waals surface area contributed by atoms with Crippen LogP contribution < -0.4 is 5.32 Å². The molecule has 4 rings (SSSR count). The van der Waals surface area contributed by atoms with E-state index in [1.165, 1.54) is 0 Å². The fourth-order valence-electron chi connectivity index (χ4n) is 2.79. The Bertz CT molecular complexity index is 859. The Morgan fingerprint density at radius 3 is 3.17 bits per heavy atom. The van der Waals surface area contributed by atoms with Crippen LogP contribution in [-0.2, 0) is 26.6 Å². The molecule has 0 bridgehead atoms. The van der Waals surface area contributed by atoms with Gasteiger partial charge in [-0.2, -0.15) is 5.10 Å². The maximum atomic E-state index is 12.2. The lowest BCUT2D eigenvalue weighted by molar-refractivity contribution is 0.0913. The Kier molecular flexibility index (Phi) is 3.22. The van der Waals surface area contributed by atoms with Gasteiger partial charge in [-0.25, -0.2) is 4.98 Å². The molecular weight excluding hydrogens is 296 g/mol. The third kappa shape index (κ3) is 2.52. The number of nitrogens with zero attached hydrogens (tertiary/aromatic N) is 5. The number of nitrogens with one attached hydrogen (secondary N) is 1. The molecule has 0 radical (unpaired) electrons. The van der Waals surface area contributed by atoms with E-state index in [1.54, 1.807) is 16.9 Å². The van der Waals surface area contributed by atoms with Crippen LogP contribution in [0.4, 0.5) is 0 Å². The molecule has 118 valence electrons. The first-order valence-electron chi connectivity index (χ1n) is 7.48. The lowest BCUT2D eigenvalue weighted by Gasteiger charge is -2.05. The van der Waals surface area contributed by atoms with E-state index < -0.39 is 0 Å². The van der Waals surface area contributed by atoms with Crippen LogP contribution in [0.25, 0.3) is 11.3 Å². The van der Waals surface area contributed by atoms with Crippen LogP contribution in [0.1, 0.15) is 28.5 Å². The van der Waals surface area contributed by atoms with Gasteiger partial charge in [-0.1, -0.05) is 5.16 Å². The highest BCUT2D eigenvalue weighted by Crippen LogP contribution is 2.18. The Labute approximate surface area is 132 Å². The van der Waals surface area contributed by atoms with E-state index in [-0.39, 0.29) is 11.7 Å². The highest BCUT2D eigenvalue weighted by atomic mass is 16.5. The highest BCUT2D eigenvalue weighted by molar-refractivity contribution is 5.92. The molecule has 3 aromatic rings. The van der Waals surface area contributed by atoms with Crippen LogP contribution in [0.3, 0.4) is 0 Å². The topological polar surface area (TPSA) is 90.8 Å². The number of imidazole rings is 1. The van der Waals surface area contributed by atoms with Crippen LogP contribution in [-0.4, -0.2) is 30.4 Å². The molecule has 1 aliphatic heterocycles. The number of rotatable bonds is 4. The molecule has 0 saturated heterocycles. The summed E-state index contributed by atoms with van der Waals surface area (Å²) in [6, 6.07) is 1.62. The minimum absolute atomic E-state index is 0.185. The monoisotopic (exact) mass is 312 g/mol. The number of aryl methyl sites for hydroxylation is 2. The summed E-state index contributed by atoms with van der Waals surface area (Å²) in [6.07, 6.45) is 7.42. The van der Waals surface area contributed by atoms with Gasteiger partial charge in [-0.3, -0.25) is 9.48 Å². The number of hydrogen-bond donors (Lipinski definition) is 1. The summed E-state index contributed by atoms with van der Waals surface area (Å²) in [6.45, 7) is 1.39. The van der Waals surface area contributed by atoms with E-state index in [4.69, 9.17) is 4.52 Å². The Balaban J connectivity index is 1.44. The van der Waals surface area contributed by atoms with Crippen molar-refractivity contribution >= 4 is 5.91 Å². The minimum Gasteiger partial charge on any atom is -0.350 e. The van der Waals surface area contributed by atoms with Crippen molar-refractivity contribution in [1.82, 2.24) is 29.8 Å². The molecule has 0 aromatic carbocycles. The number of fused-ring (bicyclic) bond motifs is 1. The Morgan fingerprint density at radius 1 is 1.43 bits per heavy atom. The van der Waals surface area contributed by atoms with Gasteiger partial charge in [0.25, 0.3) is 5.91 Å². The molecule has 23 heavy (non-hydrogen) atoms. The van der Waals surface area contributed by atoms with E-state index >= 15 is 0 Å². The van der Waals surface area contributed by atoms with Crippen molar-refractivity contribution in [2.24, 2.45) is 7.05 Å². The molecule has 8 heteroatoms. The third-order valence-corrected chi connectivity index (χ3v) is 3.97. The van der Waals surface area contributed by atoms with Crippen LogP contribution in [0, 0.1) is 0 Å².